The van der Waals surface area contributed by atoms with E-state index in [9.17, 15) is 5.26 Å². The fourth-order valence-electron chi connectivity index (χ4n) is 6.03. The number of likely N-dealkylation sites (N-methyl/N-ethyl adjacent to an activating group) is 1. The van der Waals surface area contributed by atoms with Gasteiger partial charge in [-0.2, -0.15) is 15.2 Å². The number of ether oxygens (including phenoxy) is 1. The summed E-state index contributed by atoms with van der Waals surface area (Å²) in [4.78, 5) is 17.1. The van der Waals surface area contributed by atoms with Crippen LogP contribution in [0.5, 0.6) is 6.01 Å². The van der Waals surface area contributed by atoms with Gasteiger partial charge in [0.15, 0.2) is 0 Å². The van der Waals surface area contributed by atoms with E-state index in [0.717, 1.165) is 63.6 Å². The lowest BCUT2D eigenvalue weighted by atomic mass is 10.0. The summed E-state index contributed by atoms with van der Waals surface area (Å²) >= 11 is 0. The third-order valence-corrected chi connectivity index (χ3v) is 8.10. The van der Waals surface area contributed by atoms with Gasteiger partial charge in [-0.1, -0.05) is 36.4 Å². The molecule has 2 aromatic carbocycles. The molecule has 8 heteroatoms. The van der Waals surface area contributed by atoms with Crippen LogP contribution >= 0.6 is 0 Å². The highest BCUT2D eigenvalue weighted by atomic mass is 16.5. The van der Waals surface area contributed by atoms with Gasteiger partial charge in [0, 0.05) is 54.9 Å². The number of aromatic nitrogens is 2. The zero-order chi connectivity index (χ0) is 25.2. The van der Waals surface area contributed by atoms with Crippen LogP contribution in [0.25, 0.3) is 10.8 Å². The number of nitriles is 1. The summed E-state index contributed by atoms with van der Waals surface area (Å²) in [6, 6.07) is 18.5. The van der Waals surface area contributed by atoms with Gasteiger partial charge < -0.3 is 24.8 Å². The maximum absolute atomic E-state index is 9.26. The third-order valence-electron chi connectivity index (χ3n) is 8.10. The van der Waals surface area contributed by atoms with Crippen molar-refractivity contribution in [2.24, 2.45) is 0 Å². The first kappa shape index (κ1) is 24.0. The maximum atomic E-state index is 9.26. The Morgan fingerprint density at radius 3 is 2.84 bits per heavy atom. The van der Waals surface area contributed by atoms with Gasteiger partial charge in [0.05, 0.1) is 24.7 Å². The number of fused-ring (bicyclic) bond motifs is 2. The van der Waals surface area contributed by atoms with Crippen molar-refractivity contribution in [3.8, 4) is 12.1 Å². The van der Waals surface area contributed by atoms with Crippen LogP contribution in [0, 0.1) is 11.3 Å². The second-order valence-corrected chi connectivity index (χ2v) is 10.5. The predicted molar refractivity (Wildman–Crippen MR) is 146 cm³/mol. The van der Waals surface area contributed by atoms with Gasteiger partial charge in [-0.15, -0.1) is 0 Å². The van der Waals surface area contributed by atoms with Crippen LogP contribution in [0.1, 0.15) is 30.5 Å². The van der Waals surface area contributed by atoms with Crippen molar-refractivity contribution in [1.82, 2.24) is 20.2 Å². The van der Waals surface area contributed by atoms with Crippen LogP contribution in [0.15, 0.2) is 42.5 Å². The summed E-state index contributed by atoms with van der Waals surface area (Å²) in [7, 11) is 2.16. The van der Waals surface area contributed by atoms with Crippen LogP contribution in [0.4, 0.5) is 11.5 Å². The highest BCUT2D eigenvalue weighted by Crippen LogP contribution is 2.34. The van der Waals surface area contributed by atoms with E-state index in [1.807, 2.05) is 0 Å². The number of benzene rings is 2. The first-order valence-corrected chi connectivity index (χ1v) is 13.5. The molecule has 2 atom stereocenters. The fourth-order valence-corrected chi connectivity index (χ4v) is 6.03. The Kier molecular flexibility index (Phi) is 6.81. The van der Waals surface area contributed by atoms with Gasteiger partial charge in [-0.25, -0.2) is 0 Å². The van der Waals surface area contributed by atoms with Crippen LogP contribution in [-0.4, -0.2) is 73.3 Å². The molecule has 3 aliphatic heterocycles. The number of hydrogen-bond donors (Lipinski definition) is 1. The van der Waals surface area contributed by atoms with Crippen LogP contribution in [0.3, 0.4) is 0 Å². The van der Waals surface area contributed by atoms with E-state index in [-0.39, 0.29) is 6.04 Å². The predicted octanol–water partition coefficient (Wildman–Crippen LogP) is 3.36. The molecule has 3 aromatic rings. The molecule has 0 bridgehead atoms. The molecule has 4 heterocycles. The average molecular weight is 498 g/mol. The molecule has 3 aliphatic rings. The normalized spacial score (nSPS) is 22.2. The minimum absolute atomic E-state index is 0.150. The number of hydrogen-bond acceptors (Lipinski definition) is 8. The quantitative estimate of drug-likeness (QED) is 0.555. The second kappa shape index (κ2) is 10.5. The summed E-state index contributed by atoms with van der Waals surface area (Å²) in [5.74, 6) is 0.988. The van der Waals surface area contributed by atoms with E-state index in [4.69, 9.17) is 14.7 Å². The van der Waals surface area contributed by atoms with Crippen molar-refractivity contribution in [2.45, 2.75) is 44.3 Å². The Morgan fingerprint density at radius 1 is 1.08 bits per heavy atom. The molecule has 0 saturated carbocycles. The molecule has 2 saturated heterocycles. The molecule has 8 nitrogen and oxygen atoms in total. The van der Waals surface area contributed by atoms with E-state index in [1.54, 1.807) is 0 Å². The molecule has 0 radical (unpaired) electrons. The maximum Gasteiger partial charge on any atom is 0.318 e. The lowest BCUT2D eigenvalue weighted by Crippen LogP contribution is -2.51. The van der Waals surface area contributed by atoms with Gasteiger partial charge in [0.1, 0.15) is 12.4 Å². The van der Waals surface area contributed by atoms with Crippen molar-refractivity contribution in [1.29, 1.82) is 5.26 Å². The van der Waals surface area contributed by atoms with E-state index in [0.29, 0.717) is 25.1 Å². The first-order valence-electron chi connectivity index (χ1n) is 13.5. The van der Waals surface area contributed by atoms with E-state index in [1.165, 1.54) is 28.4 Å². The summed E-state index contributed by atoms with van der Waals surface area (Å²) in [6.07, 6.45) is 3.74. The Hall–Kier alpha value is -3.41. The topological polar surface area (TPSA) is 80.5 Å². The van der Waals surface area contributed by atoms with E-state index >= 15 is 0 Å². The standard InChI is InChI=1S/C29H35N7O/c1-34-15-5-8-23(34)20-37-29-32-26-19-35(27-10-4-7-21-6-2-3-9-24(21)27)16-12-25(26)28(33-29)36-17-14-31-22(18-36)11-13-30/h2-4,6-7,9-10,22-23,31H,5,8,11-12,14-20H2,1H3/t22-,23?/m0/s1. The zero-order valence-electron chi connectivity index (χ0n) is 21.6. The van der Waals surface area contributed by atoms with Crippen molar-refractivity contribution in [3.63, 3.8) is 0 Å². The monoisotopic (exact) mass is 497 g/mol. The number of nitrogens with zero attached hydrogens (tertiary/aromatic N) is 6. The summed E-state index contributed by atoms with van der Waals surface area (Å²) in [5.41, 5.74) is 3.52. The van der Waals surface area contributed by atoms with E-state index < -0.39 is 0 Å². The molecule has 6 rings (SSSR count). The molecule has 192 valence electrons. The number of piperazine rings is 1. The number of nitrogens with one attached hydrogen (secondary N) is 1. The first-order chi connectivity index (χ1) is 18.2. The minimum atomic E-state index is 0.150. The minimum Gasteiger partial charge on any atom is -0.462 e. The zero-order valence-corrected chi connectivity index (χ0v) is 21.6. The molecule has 2 fully saturated rings. The van der Waals surface area contributed by atoms with Crippen molar-refractivity contribution < 1.29 is 4.74 Å². The molecule has 1 N–H and O–H groups in total. The average Bonchev–Trinajstić information content (AvgIpc) is 3.35. The van der Waals surface area contributed by atoms with Crippen molar-refractivity contribution in [2.75, 3.05) is 56.2 Å². The third kappa shape index (κ3) is 4.94. The summed E-state index contributed by atoms with van der Waals surface area (Å²) in [5, 5.41) is 15.3. The summed E-state index contributed by atoms with van der Waals surface area (Å²) in [6.45, 7) is 5.85. The van der Waals surface area contributed by atoms with Crippen LogP contribution in [-0.2, 0) is 13.0 Å². The van der Waals surface area contributed by atoms with Gasteiger partial charge in [0.25, 0.3) is 0 Å². The molecule has 0 spiro atoms. The Balaban J connectivity index is 1.32. The molecule has 0 amide bonds. The molecule has 37 heavy (non-hydrogen) atoms. The molecule has 0 aliphatic carbocycles. The smallest absolute Gasteiger partial charge is 0.318 e. The molecular weight excluding hydrogens is 462 g/mol. The highest BCUT2D eigenvalue weighted by molar-refractivity contribution is 5.94. The van der Waals surface area contributed by atoms with Crippen molar-refractivity contribution >= 4 is 22.3 Å². The number of anilines is 2. The SMILES string of the molecule is CN1CCCC1COc1nc2c(c(N3CCN[C@@H](CC#N)C3)n1)CCN(c1cccc3ccccc13)C2. The molecule has 1 unspecified atom stereocenters. The summed E-state index contributed by atoms with van der Waals surface area (Å²) < 4.78 is 6.27. The largest absolute Gasteiger partial charge is 0.462 e. The lowest BCUT2D eigenvalue weighted by Gasteiger charge is -2.37. The fraction of sp³-hybridized carbons (Fsp3) is 0.483. The Labute approximate surface area is 218 Å². The van der Waals surface area contributed by atoms with Gasteiger partial charge in [0.2, 0.25) is 0 Å². The molecular formula is C29H35N7O. The molecule has 1 aromatic heterocycles. The number of likely N-dealkylation sites (tertiary alicyclic amines) is 1. The van der Waals surface area contributed by atoms with Crippen LogP contribution in [0.2, 0.25) is 0 Å². The second-order valence-electron chi connectivity index (χ2n) is 10.5. The Morgan fingerprint density at radius 2 is 1.97 bits per heavy atom. The van der Waals surface area contributed by atoms with Gasteiger partial charge in [-0.3, -0.25) is 0 Å². The lowest BCUT2D eigenvalue weighted by molar-refractivity contribution is 0.187. The van der Waals surface area contributed by atoms with Gasteiger partial charge in [-0.05, 0) is 44.3 Å². The highest BCUT2D eigenvalue weighted by Gasteiger charge is 2.29. The van der Waals surface area contributed by atoms with E-state index in [2.05, 4.69) is 75.6 Å². The van der Waals surface area contributed by atoms with Gasteiger partial charge >= 0.3 is 6.01 Å². The van der Waals surface area contributed by atoms with Crippen molar-refractivity contribution in [3.05, 3.63) is 53.7 Å². The number of rotatable bonds is 6. The van der Waals surface area contributed by atoms with Crippen LogP contribution < -0.4 is 19.9 Å². The Bertz CT molecular complexity index is 1300.